The first-order valence-electron chi connectivity index (χ1n) is 4.27. The minimum absolute atomic E-state index is 0.132. The maximum Gasteiger partial charge on any atom is 0.115 e. The van der Waals surface area contributed by atoms with Crippen molar-refractivity contribution in [2.24, 2.45) is 0 Å². The molecule has 1 unspecified atom stereocenters. The molecule has 0 amide bonds. The fraction of sp³-hybridized carbons (Fsp3) is 1.00. The Morgan fingerprint density at radius 2 is 2.45 bits per heavy atom. The van der Waals surface area contributed by atoms with Crippen molar-refractivity contribution in [2.75, 3.05) is 19.7 Å². The van der Waals surface area contributed by atoms with E-state index in [2.05, 4.69) is 4.90 Å². The van der Waals surface area contributed by atoms with Gasteiger partial charge in [0.1, 0.15) is 6.17 Å². The molecule has 0 spiro atoms. The topological polar surface area (TPSA) is 23.5 Å². The number of alkyl halides is 1. The molecule has 0 aliphatic carbocycles. The Morgan fingerprint density at radius 3 is 3.09 bits per heavy atom. The van der Waals surface area contributed by atoms with E-state index >= 15 is 0 Å². The van der Waals surface area contributed by atoms with Crippen LogP contribution in [0.2, 0.25) is 0 Å². The normalized spacial score (nSPS) is 44.7. The second-order valence-electron chi connectivity index (χ2n) is 3.73. The smallest absolute Gasteiger partial charge is 0.115 e. The van der Waals surface area contributed by atoms with E-state index in [1.54, 1.807) is 0 Å². The highest BCUT2D eigenvalue weighted by Gasteiger charge is 2.47. The number of rotatable bonds is 1. The second kappa shape index (κ2) is 2.42. The van der Waals surface area contributed by atoms with Gasteiger partial charge in [-0.1, -0.05) is 0 Å². The lowest BCUT2D eigenvalue weighted by atomic mass is 9.95. The van der Waals surface area contributed by atoms with E-state index in [4.69, 9.17) is 5.11 Å². The van der Waals surface area contributed by atoms with E-state index < -0.39 is 6.17 Å². The highest BCUT2D eigenvalue weighted by atomic mass is 19.1. The van der Waals surface area contributed by atoms with Crippen molar-refractivity contribution < 1.29 is 9.50 Å². The highest BCUT2D eigenvalue weighted by Crippen LogP contribution is 2.39. The predicted molar refractivity (Wildman–Crippen MR) is 40.1 cm³/mol. The van der Waals surface area contributed by atoms with E-state index in [-0.39, 0.29) is 12.1 Å². The fourth-order valence-electron chi connectivity index (χ4n) is 2.47. The molecule has 1 N–H and O–H groups in total. The predicted octanol–water partition coefficient (Wildman–Crippen LogP) is 0.555. The third-order valence-corrected chi connectivity index (χ3v) is 3.06. The standard InChI is InChI=1S/C8H14FNO/c9-7-4-8(6-11)2-1-3-10(8)5-7/h7,11H,1-6H2/t7-,8?/m0/s1. The number of halogens is 1. The molecule has 3 heteroatoms. The number of hydrogen-bond donors (Lipinski definition) is 1. The quantitative estimate of drug-likeness (QED) is 0.604. The molecule has 0 radical (unpaired) electrons. The van der Waals surface area contributed by atoms with Gasteiger partial charge in [0, 0.05) is 18.5 Å². The maximum atomic E-state index is 12.9. The van der Waals surface area contributed by atoms with Gasteiger partial charge >= 0.3 is 0 Å². The van der Waals surface area contributed by atoms with Crippen LogP contribution < -0.4 is 0 Å². The van der Waals surface area contributed by atoms with Gasteiger partial charge in [-0.25, -0.2) is 4.39 Å². The van der Waals surface area contributed by atoms with E-state index in [1.807, 2.05) is 0 Å². The summed E-state index contributed by atoms with van der Waals surface area (Å²) in [5.41, 5.74) is -0.167. The van der Waals surface area contributed by atoms with Crippen molar-refractivity contribution in [3.8, 4) is 0 Å². The Hall–Kier alpha value is -0.150. The van der Waals surface area contributed by atoms with E-state index in [9.17, 15) is 4.39 Å². The fourth-order valence-corrected chi connectivity index (χ4v) is 2.47. The minimum atomic E-state index is -0.706. The highest BCUT2D eigenvalue weighted by molar-refractivity contribution is 5.03. The minimum Gasteiger partial charge on any atom is -0.394 e. The van der Waals surface area contributed by atoms with Crippen LogP contribution in [0.15, 0.2) is 0 Å². The third kappa shape index (κ3) is 0.983. The molecule has 0 aromatic carbocycles. The van der Waals surface area contributed by atoms with Gasteiger partial charge in [-0.3, -0.25) is 4.90 Å². The molecule has 0 bridgehead atoms. The maximum absolute atomic E-state index is 12.9. The Bertz CT molecular complexity index is 164. The second-order valence-corrected chi connectivity index (χ2v) is 3.73. The van der Waals surface area contributed by atoms with Gasteiger partial charge in [0.15, 0.2) is 0 Å². The molecule has 0 aromatic heterocycles. The van der Waals surface area contributed by atoms with Gasteiger partial charge in [-0.05, 0) is 19.4 Å². The van der Waals surface area contributed by atoms with Crippen LogP contribution in [0.5, 0.6) is 0 Å². The molecule has 2 nitrogen and oxygen atoms in total. The van der Waals surface area contributed by atoms with E-state index in [0.29, 0.717) is 13.0 Å². The van der Waals surface area contributed by atoms with Crippen LogP contribution in [-0.4, -0.2) is 41.4 Å². The molecule has 2 rings (SSSR count). The van der Waals surface area contributed by atoms with Crippen molar-refractivity contribution >= 4 is 0 Å². The van der Waals surface area contributed by atoms with Crippen LogP contribution in [0.1, 0.15) is 19.3 Å². The Morgan fingerprint density at radius 1 is 1.64 bits per heavy atom. The summed E-state index contributed by atoms with van der Waals surface area (Å²) in [6.45, 7) is 1.65. The molecule has 2 atom stereocenters. The van der Waals surface area contributed by atoms with Gasteiger partial charge in [-0.2, -0.15) is 0 Å². The van der Waals surface area contributed by atoms with Crippen LogP contribution in [0.3, 0.4) is 0 Å². The number of hydrogen-bond acceptors (Lipinski definition) is 2. The SMILES string of the molecule is OCC12CCCN1C[C@@H](F)C2. The summed E-state index contributed by atoms with van der Waals surface area (Å²) < 4.78 is 12.9. The number of aliphatic hydroxyl groups is 1. The van der Waals surface area contributed by atoms with Gasteiger partial charge in [0.2, 0.25) is 0 Å². The van der Waals surface area contributed by atoms with Crippen LogP contribution in [0.4, 0.5) is 4.39 Å². The zero-order valence-electron chi connectivity index (χ0n) is 6.59. The molecule has 0 aromatic rings. The summed E-state index contributed by atoms with van der Waals surface area (Å²) in [4.78, 5) is 2.11. The molecule has 2 heterocycles. The summed E-state index contributed by atoms with van der Waals surface area (Å²) in [5, 5.41) is 9.14. The molecule has 2 saturated heterocycles. The molecular formula is C8H14FNO. The van der Waals surface area contributed by atoms with Crippen LogP contribution in [0.25, 0.3) is 0 Å². The van der Waals surface area contributed by atoms with Crippen molar-refractivity contribution in [1.29, 1.82) is 0 Å². The molecule has 2 aliphatic rings. The Labute approximate surface area is 66.0 Å². The third-order valence-electron chi connectivity index (χ3n) is 3.06. The lowest BCUT2D eigenvalue weighted by Gasteiger charge is -2.28. The Balaban J connectivity index is 2.15. The van der Waals surface area contributed by atoms with Crippen molar-refractivity contribution in [2.45, 2.75) is 31.0 Å². The van der Waals surface area contributed by atoms with Crippen molar-refractivity contribution in [3.63, 3.8) is 0 Å². The lowest BCUT2D eigenvalue weighted by molar-refractivity contribution is 0.0996. The van der Waals surface area contributed by atoms with E-state index in [1.165, 1.54) is 0 Å². The monoisotopic (exact) mass is 159 g/mol. The first-order valence-corrected chi connectivity index (χ1v) is 4.27. The molecule has 2 aliphatic heterocycles. The average molecular weight is 159 g/mol. The van der Waals surface area contributed by atoms with Crippen LogP contribution >= 0.6 is 0 Å². The van der Waals surface area contributed by atoms with Crippen LogP contribution in [-0.2, 0) is 0 Å². The van der Waals surface area contributed by atoms with Gasteiger partial charge in [0.05, 0.1) is 6.61 Å². The van der Waals surface area contributed by atoms with Crippen molar-refractivity contribution in [3.05, 3.63) is 0 Å². The van der Waals surface area contributed by atoms with Gasteiger partial charge in [0.25, 0.3) is 0 Å². The lowest BCUT2D eigenvalue weighted by Crippen LogP contribution is -2.41. The van der Waals surface area contributed by atoms with Crippen LogP contribution in [0, 0.1) is 0 Å². The molecular weight excluding hydrogens is 145 g/mol. The molecule has 0 saturated carbocycles. The zero-order chi connectivity index (χ0) is 7.90. The first kappa shape index (κ1) is 7.50. The van der Waals surface area contributed by atoms with Gasteiger partial charge in [-0.15, -0.1) is 0 Å². The molecule has 2 fully saturated rings. The summed E-state index contributed by atoms with van der Waals surface area (Å²) in [5.74, 6) is 0. The summed E-state index contributed by atoms with van der Waals surface area (Å²) >= 11 is 0. The molecule has 11 heavy (non-hydrogen) atoms. The molecule has 64 valence electrons. The summed E-state index contributed by atoms with van der Waals surface area (Å²) in [6.07, 6.45) is 1.93. The van der Waals surface area contributed by atoms with Crippen molar-refractivity contribution in [1.82, 2.24) is 4.90 Å². The Kier molecular flexibility index (Phi) is 1.65. The van der Waals surface area contributed by atoms with E-state index in [0.717, 1.165) is 19.4 Å². The first-order chi connectivity index (χ1) is 5.27. The number of aliphatic hydroxyl groups excluding tert-OH is 1. The van der Waals surface area contributed by atoms with Gasteiger partial charge < -0.3 is 5.11 Å². The number of fused-ring (bicyclic) bond motifs is 1. The largest absolute Gasteiger partial charge is 0.394 e. The summed E-state index contributed by atoms with van der Waals surface area (Å²) in [6, 6.07) is 0. The summed E-state index contributed by atoms with van der Waals surface area (Å²) in [7, 11) is 0. The zero-order valence-corrected chi connectivity index (χ0v) is 6.59. The average Bonchev–Trinajstić information content (AvgIpc) is 2.43. The number of nitrogens with zero attached hydrogens (tertiary/aromatic N) is 1.